The van der Waals surface area contributed by atoms with Crippen molar-refractivity contribution in [3.63, 3.8) is 0 Å². The number of amides is 1. The van der Waals surface area contributed by atoms with E-state index in [-0.39, 0.29) is 22.9 Å². The molecule has 0 spiro atoms. The largest absolute Gasteiger partial charge is 0.508 e. The molecule has 1 aliphatic heterocycles. The minimum absolute atomic E-state index is 0.0229. The number of fused-ring (bicyclic) bond motifs is 1. The lowest BCUT2D eigenvalue weighted by Crippen LogP contribution is -2.38. The van der Waals surface area contributed by atoms with Crippen LogP contribution in [0.1, 0.15) is 45.2 Å². The molecule has 2 aliphatic rings. The fourth-order valence-electron chi connectivity index (χ4n) is 4.27. The van der Waals surface area contributed by atoms with Crippen LogP contribution in [0.2, 0.25) is 5.02 Å². The van der Waals surface area contributed by atoms with Gasteiger partial charge in [-0.15, -0.1) is 0 Å². The number of anilines is 2. The highest BCUT2D eigenvalue weighted by atomic mass is 35.5. The lowest BCUT2D eigenvalue weighted by atomic mass is 9.73. The summed E-state index contributed by atoms with van der Waals surface area (Å²) in [4.78, 5) is 31.9. The van der Waals surface area contributed by atoms with Crippen molar-refractivity contribution in [1.82, 2.24) is 4.98 Å². The molecule has 0 saturated heterocycles. The van der Waals surface area contributed by atoms with E-state index in [0.29, 0.717) is 40.4 Å². The topological polar surface area (TPSA) is 82.5 Å². The number of Topliss-reactive ketones (excluding diaryl/α,β-unsaturated/α-hetero) is 1. The molecule has 2 N–H and O–H groups in total. The zero-order valence-corrected chi connectivity index (χ0v) is 17.2. The van der Waals surface area contributed by atoms with Gasteiger partial charge in [-0.1, -0.05) is 31.5 Å². The molecule has 1 aliphatic carbocycles. The number of carbonyl (C=O) groups is 2. The Hall–Kier alpha value is -2.86. The van der Waals surface area contributed by atoms with Crippen molar-refractivity contribution in [2.75, 3.05) is 10.2 Å². The number of aromatic nitrogens is 1. The van der Waals surface area contributed by atoms with Crippen molar-refractivity contribution >= 4 is 34.7 Å². The van der Waals surface area contributed by atoms with Crippen molar-refractivity contribution in [2.45, 2.75) is 39.7 Å². The first-order valence-corrected chi connectivity index (χ1v) is 9.81. The van der Waals surface area contributed by atoms with E-state index in [1.807, 2.05) is 0 Å². The normalized spacial score (nSPS) is 20.5. The van der Waals surface area contributed by atoms with Crippen LogP contribution in [0.3, 0.4) is 0 Å². The SMILES string of the molecule is CC(=O)N1c2ccncc2NC2=C(C(=O)CC(C)(C)C2)C1c1ccc(O)cc1Cl. The molecule has 150 valence electrons. The number of phenolic OH excluding ortho intramolecular Hbond substituents is 1. The highest BCUT2D eigenvalue weighted by Crippen LogP contribution is 2.49. The number of phenols is 1. The number of nitrogens with zero attached hydrogens (tertiary/aromatic N) is 2. The summed E-state index contributed by atoms with van der Waals surface area (Å²) in [6, 6.07) is 5.66. The number of hydrogen-bond acceptors (Lipinski definition) is 5. The first-order chi connectivity index (χ1) is 13.7. The number of halogens is 1. The molecule has 29 heavy (non-hydrogen) atoms. The van der Waals surface area contributed by atoms with E-state index in [4.69, 9.17) is 11.6 Å². The van der Waals surface area contributed by atoms with E-state index in [2.05, 4.69) is 24.1 Å². The standard InChI is InChI=1S/C22H22ClN3O3/c1-12(27)26-18-6-7-24-11-17(18)25-16-9-22(2,3)10-19(29)20(16)21(26)14-5-4-13(28)8-15(14)23/h4-8,11,21,25,28H,9-10H2,1-3H3. The van der Waals surface area contributed by atoms with Gasteiger partial charge in [-0.25, -0.2) is 0 Å². The second kappa shape index (κ2) is 6.88. The predicted octanol–water partition coefficient (Wildman–Crippen LogP) is 4.60. The zero-order valence-electron chi connectivity index (χ0n) is 16.5. The number of benzene rings is 1. The van der Waals surface area contributed by atoms with E-state index < -0.39 is 6.04 Å². The maximum Gasteiger partial charge on any atom is 0.224 e. The molecule has 1 amide bonds. The first-order valence-electron chi connectivity index (χ1n) is 9.43. The quantitative estimate of drug-likeness (QED) is 0.716. The van der Waals surface area contributed by atoms with E-state index >= 15 is 0 Å². The third-order valence-corrected chi connectivity index (χ3v) is 5.74. The van der Waals surface area contributed by atoms with Gasteiger partial charge < -0.3 is 10.4 Å². The highest BCUT2D eigenvalue weighted by Gasteiger charge is 2.43. The van der Waals surface area contributed by atoms with Gasteiger partial charge in [0.1, 0.15) is 5.75 Å². The van der Waals surface area contributed by atoms with Crippen LogP contribution >= 0.6 is 11.6 Å². The smallest absolute Gasteiger partial charge is 0.224 e. The minimum Gasteiger partial charge on any atom is -0.508 e. The zero-order chi connectivity index (χ0) is 20.9. The average molecular weight is 412 g/mol. The number of ketones is 1. The number of pyridine rings is 1. The lowest BCUT2D eigenvalue weighted by Gasteiger charge is -2.37. The predicted molar refractivity (Wildman–Crippen MR) is 112 cm³/mol. The van der Waals surface area contributed by atoms with Crippen LogP contribution in [-0.4, -0.2) is 21.8 Å². The third-order valence-electron chi connectivity index (χ3n) is 5.41. The van der Waals surface area contributed by atoms with Crippen molar-refractivity contribution in [3.8, 4) is 5.75 Å². The van der Waals surface area contributed by atoms with Crippen LogP contribution in [0.15, 0.2) is 47.9 Å². The second-order valence-corrected chi connectivity index (χ2v) is 8.76. The number of hydrogen-bond donors (Lipinski definition) is 2. The Bertz CT molecular complexity index is 1060. The highest BCUT2D eigenvalue weighted by molar-refractivity contribution is 6.31. The summed E-state index contributed by atoms with van der Waals surface area (Å²) in [6.07, 6.45) is 4.30. The van der Waals surface area contributed by atoms with Gasteiger partial charge in [-0.3, -0.25) is 19.5 Å². The summed E-state index contributed by atoms with van der Waals surface area (Å²) in [5, 5.41) is 13.5. The fraction of sp³-hybridized carbons (Fsp3) is 0.318. The number of allylic oxidation sites excluding steroid dienone is 1. The Morgan fingerprint density at radius 3 is 2.76 bits per heavy atom. The Balaban J connectivity index is 2.04. The molecule has 1 unspecified atom stereocenters. The van der Waals surface area contributed by atoms with Crippen LogP contribution < -0.4 is 10.2 Å². The first kappa shape index (κ1) is 19.5. The molecule has 1 aromatic heterocycles. The van der Waals surface area contributed by atoms with Gasteiger partial charge in [-0.2, -0.15) is 0 Å². The monoisotopic (exact) mass is 411 g/mol. The lowest BCUT2D eigenvalue weighted by molar-refractivity contribution is -0.118. The van der Waals surface area contributed by atoms with Crippen LogP contribution in [0.25, 0.3) is 0 Å². The molecule has 1 atom stereocenters. The third kappa shape index (κ3) is 3.38. The maximum atomic E-state index is 13.3. The summed E-state index contributed by atoms with van der Waals surface area (Å²) in [5.41, 5.74) is 2.98. The van der Waals surface area contributed by atoms with Crippen molar-refractivity contribution in [1.29, 1.82) is 0 Å². The van der Waals surface area contributed by atoms with Crippen LogP contribution in [0.5, 0.6) is 5.75 Å². The Morgan fingerprint density at radius 1 is 1.31 bits per heavy atom. The summed E-state index contributed by atoms with van der Waals surface area (Å²) >= 11 is 6.48. The Labute approximate surface area is 174 Å². The summed E-state index contributed by atoms with van der Waals surface area (Å²) in [5.74, 6) is -0.223. The fourth-order valence-corrected chi connectivity index (χ4v) is 4.55. The summed E-state index contributed by atoms with van der Waals surface area (Å²) in [6.45, 7) is 5.57. The van der Waals surface area contributed by atoms with Gasteiger partial charge in [-0.05, 0) is 35.6 Å². The van der Waals surface area contributed by atoms with Crippen LogP contribution in [0.4, 0.5) is 11.4 Å². The van der Waals surface area contributed by atoms with Gasteiger partial charge in [0.25, 0.3) is 0 Å². The minimum atomic E-state index is -0.699. The van der Waals surface area contributed by atoms with E-state index in [1.54, 1.807) is 29.4 Å². The van der Waals surface area contributed by atoms with Crippen LogP contribution in [0, 0.1) is 5.41 Å². The molecule has 4 rings (SSSR count). The molecular weight excluding hydrogens is 390 g/mol. The van der Waals surface area contributed by atoms with Gasteiger partial charge in [0.05, 0.1) is 23.6 Å². The number of aromatic hydroxyl groups is 1. The Kier molecular flexibility index (Phi) is 4.62. The van der Waals surface area contributed by atoms with E-state index in [1.165, 1.54) is 19.1 Å². The van der Waals surface area contributed by atoms with Crippen molar-refractivity contribution < 1.29 is 14.7 Å². The number of rotatable bonds is 1. The molecule has 0 radical (unpaired) electrons. The molecule has 6 nitrogen and oxygen atoms in total. The molecule has 0 bridgehead atoms. The van der Waals surface area contributed by atoms with Gasteiger partial charge in [0, 0.05) is 35.8 Å². The second-order valence-electron chi connectivity index (χ2n) is 8.35. The van der Waals surface area contributed by atoms with Gasteiger partial charge in [0.2, 0.25) is 5.91 Å². The summed E-state index contributed by atoms with van der Waals surface area (Å²) in [7, 11) is 0. The average Bonchev–Trinajstić information content (AvgIpc) is 2.74. The van der Waals surface area contributed by atoms with Crippen LogP contribution in [-0.2, 0) is 9.59 Å². The Morgan fingerprint density at radius 2 is 2.07 bits per heavy atom. The number of nitrogens with one attached hydrogen (secondary N) is 1. The molecule has 0 fully saturated rings. The van der Waals surface area contributed by atoms with Gasteiger partial charge >= 0.3 is 0 Å². The maximum absolute atomic E-state index is 13.3. The molecule has 0 saturated carbocycles. The molecule has 7 heteroatoms. The molecule has 1 aromatic carbocycles. The summed E-state index contributed by atoms with van der Waals surface area (Å²) < 4.78 is 0. The molecule has 2 aromatic rings. The molecular formula is C22H22ClN3O3. The van der Waals surface area contributed by atoms with E-state index in [9.17, 15) is 14.7 Å². The van der Waals surface area contributed by atoms with Crippen molar-refractivity contribution in [3.05, 3.63) is 58.5 Å². The van der Waals surface area contributed by atoms with Crippen molar-refractivity contribution in [2.24, 2.45) is 5.41 Å². The number of carbonyl (C=O) groups excluding carboxylic acids is 2. The molecule has 2 heterocycles. The van der Waals surface area contributed by atoms with E-state index in [0.717, 1.165) is 5.70 Å². The van der Waals surface area contributed by atoms with Gasteiger partial charge in [0.15, 0.2) is 5.78 Å².